The lowest BCUT2D eigenvalue weighted by Gasteiger charge is -2.15. The number of nitrogens with one attached hydrogen (secondary N) is 1. The van der Waals surface area contributed by atoms with Crippen LogP contribution in [0.2, 0.25) is 0 Å². The van der Waals surface area contributed by atoms with Gasteiger partial charge in [0.25, 0.3) is 5.56 Å². The Kier molecular flexibility index (Phi) is 4.08. The van der Waals surface area contributed by atoms with Crippen LogP contribution in [0.25, 0.3) is 5.65 Å². The first-order valence-corrected chi connectivity index (χ1v) is 6.12. The van der Waals surface area contributed by atoms with Gasteiger partial charge in [-0.15, -0.1) is 0 Å². The molecule has 20 heavy (non-hydrogen) atoms. The van der Waals surface area contributed by atoms with E-state index in [4.69, 9.17) is 0 Å². The molecule has 0 saturated heterocycles. The molecule has 2 rings (SSSR count). The molecule has 0 spiro atoms. The van der Waals surface area contributed by atoms with Crippen LogP contribution in [0.4, 0.5) is 13.2 Å². The van der Waals surface area contributed by atoms with Gasteiger partial charge in [0.15, 0.2) is 0 Å². The Hall–Kier alpha value is -1.89. The molecule has 4 nitrogen and oxygen atoms in total. The van der Waals surface area contributed by atoms with Crippen molar-refractivity contribution in [3.63, 3.8) is 0 Å². The molecular formula is C13H14F3N3O. The van der Waals surface area contributed by atoms with Crippen molar-refractivity contribution in [1.82, 2.24) is 14.7 Å². The first-order valence-electron chi connectivity index (χ1n) is 6.12. The van der Waals surface area contributed by atoms with Crippen LogP contribution in [0.1, 0.15) is 19.0 Å². The average Bonchev–Trinajstić information content (AvgIpc) is 2.34. The molecule has 0 aliphatic heterocycles. The fourth-order valence-electron chi connectivity index (χ4n) is 1.89. The van der Waals surface area contributed by atoms with E-state index in [1.54, 1.807) is 24.4 Å². The second-order valence-electron chi connectivity index (χ2n) is 4.62. The van der Waals surface area contributed by atoms with Crippen molar-refractivity contribution in [1.29, 1.82) is 0 Å². The number of hydrogen-bond acceptors (Lipinski definition) is 3. The second kappa shape index (κ2) is 5.62. The lowest BCUT2D eigenvalue weighted by Crippen LogP contribution is -2.31. The summed E-state index contributed by atoms with van der Waals surface area (Å²) < 4.78 is 38.0. The molecule has 1 N–H and O–H groups in total. The van der Waals surface area contributed by atoms with E-state index in [2.05, 4.69) is 10.3 Å². The molecule has 0 amide bonds. The molecule has 2 heterocycles. The second-order valence-corrected chi connectivity index (χ2v) is 4.62. The third-order valence-corrected chi connectivity index (χ3v) is 2.79. The Morgan fingerprint density at radius 3 is 2.85 bits per heavy atom. The highest BCUT2D eigenvalue weighted by molar-refractivity contribution is 5.37. The van der Waals surface area contributed by atoms with Gasteiger partial charge in [-0.3, -0.25) is 9.20 Å². The fraction of sp³-hybridized carbons (Fsp3) is 0.385. The largest absolute Gasteiger partial charge is 0.390 e. The van der Waals surface area contributed by atoms with Crippen molar-refractivity contribution in [3.8, 4) is 0 Å². The summed E-state index contributed by atoms with van der Waals surface area (Å²) in [6.45, 7) is 1.57. The monoisotopic (exact) mass is 285 g/mol. The lowest BCUT2D eigenvalue weighted by molar-refractivity contribution is -0.139. The topological polar surface area (TPSA) is 46.4 Å². The molecule has 0 aromatic carbocycles. The van der Waals surface area contributed by atoms with Crippen LogP contribution in [-0.4, -0.2) is 21.6 Å². The van der Waals surface area contributed by atoms with Crippen molar-refractivity contribution in [2.75, 3.05) is 0 Å². The normalized spacial score (nSPS) is 13.6. The zero-order valence-corrected chi connectivity index (χ0v) is 10.8. The number of aromatic nitrogens is 2. The number of rotatable bonds is 4. The third-order valence-electron chi connectivity index (χ3n) is 2.79. The minimum atomic E-state index is -4.21. The van der Waals surface area contributed by atoms with Crippen LogP contribution in [0.15, 0.2) is 35.3 Å². The molecule has 0 bridgehead atoms. The van der Waals surface area contributed by atoms with Gasteiger partial charge in [-0.1, -0.05) is 6.07 Å². The smallest absolute Gasteiger partial charge is 0.308 e. The minimum absolute atomic E-state index is 0.123. The molecule has 0 radical (unpaired) electrons. The number of nitrogens with zero attached hydrogens (tertiary/aromatic N) is 2. The van der Waals surface area contributed by atoms with Crippen molar-refractivity contribution in [2.45, 2.75) is 32.1 Å². The summed E-state index contributed by atoms with van der Waals surface area (Å²) in [7, 11) is 0. The molecule has 2 aromatic heterocycles. The molecule has 2 aromatic rings. The standard InChI is InChI=1S/C13H14F3N3O/c1-9(7-13(14,15)16)17-8-10-6-12(20)19-5-3-2-4-11(19)18-10/h2-6,9,17H,7-8H2,1H3. The molecular weight excluding hydrogens is 271 g/mol. The van der Waals surface area contributed by atoms with Crippen LogP contribution in [-0.2, 0) is 6.54 Å². The lowest BCUT2D eigenvalue weighted by atomic mass is 10.2. The summed E-state index contributed by atoms with van der Waals surface area (Å²) in [5.74, 6) is 0. The Bertz CT molecular complexity index is 651. The van der Waals surface area contributed by atoms with E-state index < -0.39 is 18.6 Å². The maximum Gasteiger partial charge on any atom is 0.390 e. The summed E-state index contributed by atoms with van der Waals surface area (Å²) in [5.41, 5.74) is 0.645. The quantitative estimate of drug-likeness (QED) is 0.936. The van der Waals surface area contributed by atoms with E-state index >= 15 is 0 Å². The van der Waals surface area contributed by atoms with Crippen LogP contribution < -0.4 is 10.9 Å². The molecule has 0 fully saturated rings. The Morgan fingerprint density at radius 2 is 2.15 bits per heavy atom. The highest BCUT2D eigenvalue weighted by Crippen LogP contribution is 2.21. The summed E-state index contributed by atoms with van der Waals surface area (Å²) in [6.07, 6.45) is -3.53. The molecule has 1 unspecified atom stereocenters. The third kappa shape index (κ3) is 3.80. The van der Waals surface area contributed by atoms with Gasteiger partial charge in [-0.25, -0.2) is 4.98 Å². The van der Waals surface area contributed by atoms with Crippen LogP contribution >= 0.6 is 0 Å². The van der Waals surface area contributed by atoms with Gasteiger partial charge in [-0.05, 0) is 19.1 Å². The van der Waals surface area contributed by atoms with E-state index in [-0.39, 0.29) is 12.1 Å². The number of alkyl halides is 3. The van der Waals surface area contributed by atoms with E-state index in [0.29, 0.717) is 11.3 Å². The van der Waals surface area contributed by atoms with Crippen molar-refractivity contribution in [2.24, 2.45) is 0 Å². The number of pyridine rings is 1. The van der Waals surface area contributed by atoms with Gasteiger partial charge in [-0.2, -0.15) is 13.2 Å². The zero-order valence-electron chi connectivity index (χ0n) is 10.8. The number of fused-ring (bicyclic) bond motifs is 1. The molecule has 108 valence electrons. The highest BCUT2D eigenvalue weighted by Gasteiger charge is 2.29. The van der Waals surface area contributed by atoms with E-state index in [1.165, 1.54) is 17.4 Å². The van der Waals surface area contributed by atoms with Crippen LogP contribution in [0, 0.1) is 0 Å². The predicted octanol–water partition coefficient (Wildman–Crippen LogP) is 2.12. The van der Waals surface area contributed by atoms with E-state index in [1.807, 2.05) is 0 Å². The Labute approximate surface area is 113 Å². The number of halogens is 3. The summed E-state index contributed by atoms with van der Waals surface area (Å²) in [4.78, 5) is 16.0. The van der Waals surface area contributed by atoms with Gasteiger partial charge >= 0.3 is 6.18 Å². The molecule has 1 atom stereocenters. The van der Waals surface area contributed by atoms with Gasteiger partial charge in [0.2, 0.25) is 0 Å². The SMILES string of the molecule is CC(CC(F)(F)F)NCc1cc(=O)n2ccccc2n1. The van der Waals surface area contributed by atoms with Crippen molar-refractivity contribution in [3.05, 3.63) is 46.5 Å². The highest BCUT2D eigenvalue weighted by atomic mass is 19.4. The van der Waals surface area contributed by atoms with Gasteiger partial charge in [0, 0.05) is 24.8 Å². The summed E-state index contributed by atoms with van der Waals surface area (Å²) >= 11 is 0. The summed E-state index contributed by atoms with van der Waals surface area (Å²) in [5, 5.41) is 2.72. The molecule has 0 aliphatic rings. The summed E-state index contributed by atoms with van der Waals surface area (Å²) in [6, 6.07) is 5.71. The first-order chi connectivity index (χ1) is 9.35. The average molecular weight is 285 g/mol. The first kappa shape index (κ1) is 14.5. The van der Waals surface area contributed by atoms with Crippen molar-refractivity contribution >= 4 is 5.65 Å². The molecule has 0 saturated carbocycles. The predicted molar refractivity (Wildman–Crippen MR) is 68.4 cm³/mol. The minimum Gasteiger partial charge on any atom is -0.308 e. The van der Waals surface area contributed by atoms with E-state index in [9.17, 15) is 18.0 Å². The molecule has 7 heteroatoms. The van der Waals surface area contributed by atoms with Crippen molar-refractivity contribution < 1.29 is 13.2 Å². The van der Waals surface area contributed by atoms with Gasteiger partial charge in [0.1, 0.15) is 5.65 Å². The Morgan fingerprint density at radius 1 is 1.40 bits per heavy atom. The Balaban J connectivity index is 2.09. The maximum atomic E-state index is 12.2. The van der Waals surface area contributed by atoms with E-state index in [0.717, 1.165) is 0 Å². The van der Waals surface area contributed by atoms with Crippen LogP contribution in [0.5, 0.6) is 0 Å². The maximum absolute atomic E-state index is 12.2. The zero-order chi connectivity index (χ0) is 14.8. The van der Waals surface area contributed by atoms with Crippen LogP contribution in [0.3, 0.4) is 0 Å². The fourth-order valence-corrected chi connectivity index (χ4v) is 1.89. The molecule has 0 aliphatic carbocycles. The number of hydrogen-bond donors (Lipinski definition) is 1. The van der Waals surface area contributed by atoms with Gasteiger partial charge in [0.05, 0.1) is 12.1 Å². The van der Waals surface area contributed by atoms with Gasteiger partial charge < -0.3 is 5.32 Å².